The molecule has 3 nitrogen and oxygen atoms in total. The first-order valence-electron chi connectivity index (χ1n) is 6.47. The minimum absolute atomic E-state index is 0.184. The zero-order chi connectivity index (χ0) is 13.7. The van der Waals surface area contributed by atoms with Crippen LogP contribution in [0.5, 0.6) is 0 Å². The number of aryl methyl sites for hydroxylation is 1. The largest absolute Gasteiger partial charge is 0.306 e. The van der Waals surface area contributed by atoms with Crippen LogP contribution in [-0.2, 0) is 0 Å². The van der Waals surface area contributed by atoms with Gasteiger partial charge in [0, 0.05) is 23.7 Å². The number of nitrogens with zero attached hydrogens (tertiary/aromatic N) is 2. The van der Waals surface area contributed by atoms with E-state index in [0.29, 0.717) is 5.56 Å². The van der Waals surface area contributed by atoms with Crippen LogP contribution < -0.4 is 5.32 Å². The van der Waals surface area contributed by atoms with E-state index in [4.69, 9.17) is 0 Å². The van der Waals surface area contributed by atoms with Crippen molar-refractivity contribution in [1.82, 2.24) is 15.3 Å². The lowest BCUT2D eigenvalue weighted by molar-refractivity contribution is 0.542. The van der Waals surface area contributed by atoms with Crippen molar-refractivity contribution in [3.63, 3.8) is 0 Å². The summed E-state index contributed by atoms with van der Waals surface area (Å²) in [5.41, 5.74) is 2.52. The first-order valence-corrected chi connectivity index (χ1v) is 6.47. The molecular weight excluding hydrogens is 241 g/mol. The molecule has 0 radical (unpaired) electrons. The molecule has 4 heteroatoms. The second-order valence-electron chi connectivity index (χ2n) is 4.52. The van der Waals surface area contributed by atoms with Crippen molar-refractivity contribution in [2.45, 2.75) is 26.3 Å². The predicted octanol–water partition coefficient (Wildman–Crippen LogP) is 3.01. The SMILES string of the molecule is CCCNC(c1ccc(C)nc1)c1ccncc1F. The summed E-state index contributed by atoms with van der Waals surface area (Å²) < 4.78 is 13.9. The molecule has 100 valence electrons. The van der Waals surface area contributed by atoms with Crippen LogP contribution in [0.2, 0.25) is 0 Å². The molecule has 0 aliphatic rings. The summed E-state index contributed by atoms with van der Waals surface area (Å²) in [6, 6.07) is 5.45. The van der Waals surface area contributed by atoms with E-state index in [1.807, 2.05) is 19.1 Å². The van der Waals surface area contributed by atoms with Gasteiger partial charge in [0.2, 0.25) is 0 Å². The van der Waals surface area contributed by atoms with E-state index in [1.54, 1.807) is 18.5 Å². The number of nitrogens with one attached hydrogen (secondary N) is 1. The number of hydrogen-bond donors (Lipinski definition) is 1. The Hall–Kier alpha value is -1.81. The Morgan fingerprint density at radius 1 is 1.26 bits per heavy atom. The van der Waals surface area contributed by atoms with Gasteiger partial charge in [0.1, 0.15) is 5.82 Å². The van der Waals surface area contributed by atoms with Gasteiger partial charge in [-0.2, -0.15) is 0 Å². The van der Waals surface area contributed by atoms with Gasteiger partial charge in [0.25, 0.3) is 0 Å². The summed E-state index contributed by atoms with van der Waals surface area (Å²) >= 11 is 0. The molecule has 2 aromatic heterocycles. The molecule has 0 spiro atoms. The van der Waals surface area contributed by atoms with Gasteiger partial charge in [-0.25, -0.2) is 4.39 Å². The van der Waals surface area contributed by atoms with Crippen molar-refractivity contribution in [2.75, 3.05) is 6.54 Å². The van der Waals surface area contributed by atoms with Crippen LogP contribution in [0.25, 0.3) is 0 Å². The maximum absolute atomic E-state index is 13.9. The first kappa shape index (κ1) is 13.6. The molecule has 2 heterocycles. The Bertz CT molecular complexity index is 525. The van der Waals surface area contributed by atoms with Crippen molar-refractivity contribution in [3.05, 3.63) is 59.4 Å². The summed E-state index contributed by atoms with van der Waals surface area (Å²) in [6.07, 6.45) is 5.64. The average molecular weight is 259 g/mol. The summed E-state index contributed by atoms with van der Waals surface area (Å²) in [4.78, 5) is 8.08. The smallest absolute Gasteiger partial charge is 0.146 e. The van der Waals surface area contributed by atoms with Crippen LogP contribution >= 0.6 is 0 Å². The number of rotatable bonds is 5. The van der Waals surface area contributed by atoms with Gasteiger partial charge in [-0.3, -0.25) is 9.97 Å². The highest BCUT2D eigenvalue weighted by molar-refractivity contribution is 5.30. The van der Waals surface area contributed by atoms with Crippen LogP contribution in [0, 0.1) is 12.7 Å². The van der Waals surface area contributed by atoms with E-state index in [1.165, 1.54) is 6.20 Å². The first-order chi connectivity index (χ1) is 9.22. The quantitative estimate of drug-likeness (QED) is 0.897. The highest BCUT2D eigenvalue weighted by Crippen LogP contribution is 2.23. The Labute approximate surface area is 112 Å². The third kappa shape index (κ3) is 3.35. The van der Waals surface area contributed by atoms with Crippen molar-refractivity contribution in [2.24, 2.45) is 0 Å². The number of pyridine rings is 2. The zero-order valence-electron chi connectivity index (χ0n) is 11.2. The Balaban J connectivity index is 2.35. The molecular formula is C15H18FN3. The predicted molar refractivity (Wildman–Crippen MR) is 73.3 cm³/mol. The summed E-state index contributed by atoms with van der Waals surface area (Å²) in [5.74, 6) is -0.295. The summed E-state index contributed by atoms with van der Waals surface area (Å²) in [7, 11) is 0. The van der Waals surface area contributed by atoms with Crippen LogP contribution in [0.1, 0.15) is 36.2 Å². The maximum Gasteiger partial charge on any atom is 0.146 e. The van der Waals surface area contributed by atoms with E-state index >= 15 is 0 Å². The highest BCUT2D eigenvalue weighted by atomic mass is 19.1. The molecule has 1 atom stereocenters. The lowest BCUT2D eigenvalue weighted by atomic mass is 10.0. The minimum atomic E-state index is -0.295. The lowest BCUT2D eigenvalue weighted by Crippen LogP contribution is -2.24. The second-order valence-corrected chi connectivity index (χ2v) is 4.52. The molecule has 0 saturated carbocycles. The van der Waals surface area contributed by atoms with Crippen molar-refractivity contribution in [3.8, 4) is 0 Å². The Kier molecular flexibility index (Phi) is 4.58. The van der Waals surface area contributed by atoms with E-state index < -0.39 is 0 Å². The molecule has 0 aliphatic heterocycles. The molecule has 2 rings (SSSR count). The molecule has 1 unspecified atom stereocenters. The van der Waals surface area contributed by atoms with E-state index in [0.717, 1.165) is 24.2 Å². The Morgan fingerprint density at radius 3 is 2.74 bits per heavy atom. The fraction of sp³-hybridized carbons (Fsp3) is 0.333. The van der Waals surface area contributed by atoms with Gasteiger partial charge in [-0.15, -0.1) is 0 Å². The highest BCUT2D eigenvalue weighted by Gasteiger charge is 2.17. The fourth-order valence-electron chi connectivity index (χ4n) is 1.97. The van der Waals surface area contributed by atoms with Gasteiger partial charge in [0.05, 0.1) is 12.2 Å². The van der Waals surface area contributed by atoms with Crippen molar-refractivity contribution >= 4 is 0 Å². The molecule has 0 amide bonds. The maximum atomic E-state index is 13.9. The van der Waals surface area contributed by atoms with Crippen LogP contribution in [0.15, 0.2) is 36.8 Å². The van der Waals surface area contributed by atoms with E-state index in [-0.39, 0.29) is 11.9 Å². The van der Waals surface area contributed by atoms with Crippen molar-refractivity contribution in [1.29, 1.82) is 0 Å². The second kappa shape index (κ2) is 6.38. The standard InChI is InChI=1S/C15H18FN3/c1-3-7-18-15(12-5-4-11(2)19-9-12)13-6-8-17-10-14(13)16/h4-6,8-10,15,18H,3,7H2,1-2H3. The fourth-order valence-corrected chi connectivity index (χ4v) is 1.97. The molecule has 0 bridgehead atoms. The van der Waals surface area contributed by atoms with E-state index in [2.05, 4.69) is 22.2 Å². The van der Waals surface area contributed by atoms with Crippen molar-refractivity contribution < 1.29 is 4.39 Å². The van der Waals surface area contributed by atoms with Gasteiger partial charge in [-0.05, 0) is 37.6 Å². The molecule has 2 aromatic rings. The zero-order valence-corrected chi connectivity index (χ0v) is 11.2. The molecule has 0 aliphatic carbocycles. The van der Waals surface area contributed by atoms with Gasteiger partial charge in [0.15, 0.2) is 0 Å². The summed E-state index contributed by atoms with van der Waals surface area (Å²) in [5, 5.41) is 3.35. The number of hydrogen-bond acceptors (Lipinski definition) is 3. The summed E-state index contributed by atoms with van der Waals surface area (Å²) in [6.45, 7) is 4.84. The number of halogens is 1. The molecule has 1 N–H and O–H groups in total. The third-order valence-electron chi connectivity index (χ3n) is 2.98. The Morgan fingerprint density at radius 2 is 2.11 bits per heavy atom. The molecule has 0 saturated heterocycles. The topological polar surface area (TPSA) is 37.8 Å². The lowest BCUT2D eigenvalue weighted by Gasteiger charge is -2.19. The molecule has 19 heavy (non-hydrogen) atoms. The average Bonchev–Trinajstić information content (AvgIpc) is 2.43. The van der Waals surface area contributed by atoms with Gasteiger partial charge in [-0.1, -0.05) is 13.0 Å². The molecule has 0 fully saturated rings. The van der Waals surface area contributed by atoms with Crippen LogP contribution in [0.3, 0.4) is 0 Å². The van der Waals surface area contributed by atoms with E-state index in [9.17, 15) is 4.39 Å². The van der Waals surface area contributed by atoms with Crippen LogP contribution in [-0.4, -0.2) is 16.5 Å². The number of aromatic nitrogens is 2. The minimum Gasteiger partial charge on any atom is -0.306 e. The molecule has 0 aromatic carbocycles. The van der Waals surface area contributed by atoms with Gasteiger partial charge >= 0.3 is 0 Å². The normalized spacial score (nSPS) is 12.4. The van der Waals surface area contributed by atoms with Gasteiger partial charge < -0.3 is 5.32 Å². The third-order valence-corrected chi connectivity index (χ3v) is 2.98. The monoisotopic (exact) mass is 259 g/mol. The van der Waals surface area contributed by atoms with Crippen LogP contribution in [0.4, 0.5) is 4.39 Å².